The predicted molar refractivity (Wildman–Crippen MR) is 62.9 cm³/mol. The molecule has 1 aromatic carbocycles. The maximum absolute atomic E-state index is 12.2. The summed E-state index contributed by atoms with van der Waals surface area (Å²) in [4.78, 5) is 12.2. The number of hydrogen-bond acceptors (Lipinski definition) is 3. The number of phenols is 1. The third kappa shape index (κ3) is 1.83. The van der Waals surface area contributed by atoms with Gasteiger partial charge in [-0.15, -0.1) is 0 Å². The Kier molecular flexibility index (Phi) is 2.97. The van der Waals surface area contributed by atoms with E-state index in [1.165, 1.54) is 0 Å². The lowest BCUT2D eigenvalue weighted by atomic mass is 9.96. The number of rotatable bonds is 2. The zero-order chi connectivity index (χ0) is 11.7. The SMILES string of the molecule is Cc1ccc(C(=O)[C@@H]2CCCN2)c(C)c1O. The molecule has 2 N–H and O–H groups in total. The monoisotopic (exact) mass is 219 g/mol. The lowest BCUT2D eigenvalue weighted by Gasteiger charge is -2.13. The summed E-state index contributed by atoms with van der Waals surface area (Å²) in [6, 6.07) is 3.54. The van der Waals surface area contributed by atoms with Crippen molar-refractivity contribution in [1.82, 2.24) is 5.32 Å². The van der Waals surface area contributed by atoms with Gasteiger partial charge in [-0.25, -0.2) is 0 Å². The molecule has 3 heteroatoms. The van der Waals surface area contributed by atoms with Crippen LogP contribution in [0.4, 0.5) is 0 Å². The van der Waals surface area contributed by atoms with Gasteiger partial charge in [0.05, 0.1) is 6.04 Å². The van der Waals surface area contributed by atoms with Gasteiger partial charge in [-0.1, -0.05) is 12.1 Å². The lowest BCUT2D eigenvalue weighted by Crippen LogP contribution is -2.31. The van der Waals surface area contributed by atoms with E-state index < -0.39 is 0 Å². The topological polar surface area (TPSA) is 49.3 Å². The Labute approximate surface area is 95.5 Å². The van der Waals surface area contributed by atoms with Crippen molar-refractivity contribution in [3.8, 4) is 5.75 Å². The van der Waals surface area contributed by atoms with E-state index in [4.69, 9.17) is 0 Å². The second-order valence-corrected chi connectivity index (χ2v) is 4.42. The van der Waals surface area contributed by atoms with Gasteiger partial charge in [0.2, 0.25) is 0 Å². The summed E-state index contributed by atoms with van der Waals surface area (Å²) in [6.07, 6.45) is 1.94. The Morgan fingerprint density at radius 3 is 2.81 bits per heavy atom. The van der Waals surface area contributed by atoms with Crippen LogP contribution in [-0.2, 0) is 0 Å². The van der Waals surface area contributed by atoms with E-state index in [0.29, 0.717) is 11.1 Å². The molecule has 0 aromatic heterocycles. The van der Waals surface area contributed by atoms with Gasteiger partial charge < -0.3 is 10.4 Å². The average molecular weight is 219 g/mol. The minimum absolute atomic E-state index is 0.0687. The Balaban J connectivity index is 2.33. The maximum Gasteiger partial charge on any atom is 0.180 e. The Morgan fingerprint density at radius 2 is 2.19 bits per heavy atom. The summed E-state index contributed by atoms with van der Waals surface area (Å²) in [5.74, 6) is 0.342. The summed E-state index contributed by atoms with van der Waals surface area (Å²) in [5.41, 5.74) is 2.15. The third-order valence-corrected chi connectivity index (χ3v) is 3.27. The van der Waals surface area contributed by atoms with Gasteiger partial charge in [-0.3, -0.25) is 4.79 Å². The molecule has 1 atom stereocenters. The highest BCUT2D eigenvalue weighted by atomic mass is 16.3. The third-order valence-electron chi connectivity index (χ3n) is 3.27. The van der Waals surface area contributed by atoms with Crippen LogP contribution < -0.4 is 5.32 Å². The molecule has 0 spiro atoms. The van der Waals surface area contributed by atoms with E-state index in [2.05, 4.69) is 5.32 Å². The number of hydrogen-bond donors (Lipinski definition) is 2. The fraction of sp³-hybridized carbons (Fsp3) is 0.462. The second kappa shape index (κ2) is 4.26. The van der Waals surface area contributed by atoms with E-state index in [1.54, 1.807) is 13.0 Å². The van der Waals surface area contributed by atoms with Crippen LogP contribution in [0.15, 0.2) is 12.1 Å². The average Bonchev–Trinajstić information content (AvgIpc) is 2.79. The van der Waals surface area contributed by atoms with E-state index >= 15 is 0 Å². The van der Waals surface area contributed by atoms with Crippen molar-refractivity contribution in [2.45, 2.75) is 32.7 Å². The smallest absolute Gasteiger partial charge is 0.180 e. The molecule has 0 bridgehead atoms. The highest BCUT2D eigenvalue weighted by Gasteiger charge is 2.25. The largest absolute Gasteiger partial charge is 0.507 e. The zero-order valence-corrected chi connectivity index (χ0v) is 9.71. The van der Waals surface area contributed by atoms with Gasteiger partial charge in [0.15, 0.2) is 5.78 Å². The predicted octanol–water partition coefficient (Wildman–Crippen LogP) is 1.94. The van der Waals surface area contributed by atoms with Crippen molar-refractivity contribution in [2.24, 2.45) is 0 Å². The Hall–Kier alpha value is -1.35. The fourth-order valence-corrected chi connectivity index (χ4v) is 2.20. The van der Waals surface area contributed by atoms with Crippen LogP contribution in [-0.4, -0.2) is 23.5 Å². The molecule has 1 heterocycles. The molecule has 2 rings (SSSR count). The molecule has 0 saturated carbocycles. The zero-order valence-electron chi connectivity index (χ0n) is 9.71. The quantitative estimate of drug-likeness (QED) is 0.747. The first-order valence-corrected chi connectivity index (χ1v) is 5.68. The molecule has 0 unspecified atom stereocenters. The molecule has 3 nitrogen and oxygen atoms in total. The Bertz CT molecular complexity index is 420. The van der Waals surface area contributed by atoms with Crippen LogP contribution in [0, 0.1) is 13.8 Å². The molecule has 0 amide bonds. The molecule has 1 aliphatic heterocycles. The minimum atomic E-state index is -0.0687. The van der Waals surface area contributed by atoms with Crippen LogP contribution >= 0.6 is 0 Å². The van der Waals surface area contributed by atoms with E-state index in [9.17, 15) is 9.90 Å². The first-order chi connectivity index (χ1) is 7.61. The van der Waals surface area contributed by atoms with Gasteiger partial charge >= 0.3 is 0 Å². The summed E-state index contributed by atoms with van der Waals surface area (Å²) in [5, 5.41) is 13.0. The van der Waals surface area contributed by atoms with Crippen molar-refractivity contribution in [2.75, 3.05) is 6.54 Å². The summed E-state index contributed by atoms with van der Waals surface area (Å²) < 4.78 is 0. The molecule has 1 fully saturated rings. The highest BCUT2D eigenvalue weighted by Crippen LogP contribution is 2.26. The number of ketones is 1. The number of benzene rings is 1. The van der Waals surface area contributed by atoms with Crippen LogP contribution in [0.25, 0.3) is 0 Å². The van der Waals surface area contributed by atoms with Crippen molar-refractivity contribution < 1.29 is 9.90 Å². The van der Waals surface area contributed by atoms with E-state index in [1.807, 2.05) is 13.0 Å². The van der Waals surface area contributed by atoms with Crippen LogP contribution in [0.1, 0.15) is 34.3 Å². The standard InChI is InChI=1S/C13H17NO2/c1-8-5-6-10(9(2)12(8)15)13(16)11-4-3-7-14-11/h5-6,11,14-15H,3-4,7H2,1-2H3/t11-/m0/s1. The number of carbonyl (C=O) groups excluding carboxylic acids is 1. The number of phenolic OH excluding ortho intramolecular Hbond substituents is 1. The van der Waals surface area contributed by atoms with Crippen LogP contribution in [0.3, 0.4) is 0 Å². The summed E-state index contributed by atoms with van der Waals surface area (Å²) >= 11 is 0. The molecule has 1 aromatic rings. The molecule has 0 aliphatic carbocycles. The van der Waals surface area contributed by atoms with Gasteiger partial charge in [-0.05, 0) is 38.8 Å². The molecule has 1 saturated heterocycles. The van der Waals surface area contributed by atoms with Gasteiger partial charge in [0, 0.05) is 11.1 Å². The molecule has 1 aliphatic rings. The fourth-order valence-electron chi connectivity index (χ4n) is 2.20. The Morgan fingerprint density at radius 1 is 1.44 bits per heavy atom. The molecule has 86 valence electrons. The van der Waals surface area contributed by atoms with Crippen LogP contribution in [0.5, 0.6) is 5.75 Å². The number of Topliss-reactive ketones (excluding diaryl/α,β-unsaturated/α-hetero) is 1. The number of carbonyl (C=O) groups is 1. The number of aryl methyl sites for hydroxylation is 1. The summed E-state index contributed by atoms with van der Waals surface area (Å²) in [6.45, 7) is 4.54. The van der Waals surface area contributed by atoms with Crippen molar-refractivity contribution in [1.29, 1.82) is 0 Å². The summed E-state index contributed by atoms with van der Waals surface area (Å²) in [7, 11) is 0. The highest BCUT2D eigenvalue weighted by molar-refractivity contribution is 6.02. The first-order valence-electron chi connectivity index (χ1n) is 5.68. The maximum atomic E-state index is 12.2. The lowest BCUT2D eigenvalue weighted by molar-refractivity contribution is 0.0951. The minimum Gasteiger partial charge on any atom is -0.507 e. The number of nitrogens with one attached hydrogen (secondary N) is 1. The van der Waals surface area contributed by atoms with Crippen molar-refractivity contribution >= 4 is 5.78 Å². The van der Waals surface area contributed by atoms with Gasteiger partial charge in [-0.2, -0.15) is 0 Å². The second-order valence-electron chi connectivity index (χ2n) is 4.42. The molecule has 0 radical (unpaired) electrons. The van der Waals surface area contributed by atoms with Crippen LogP contribution in [0.2, 0.25) is 0 Å². The van der Waals surface area contributed by atoms with Crippen molar-refractivity contribution in [3.05, 3.63) is 28.8 Å². The van der Waals surface area contributed by atoms with E-state index in [-0.39, 0.29) is 17.6 Å². The first kappa shape index (κ1) is 11.1. The van der Waals surface area contributed by atoms with Gasteiger partial charge in [0.1, 0.15) is 5.75 Å². The number of aromatic hydroxyl groups is 1. The van der Waals surface area contributed by atoms with Crippen molar-refractivity contribution in [3.63, 3.8) is 0 Å². The molecule has 16 heavy (non-hydrogen) atoms. The molecular weight excluding hydrogens is 202 g/mol. The normalized spacial score (nSPS) is 20.0. The van der Waals surface area contributed by atoms with E-state index in [0.717, 1.165) is 24.9 Å². The van der Waals surface area contributed by atoms with Gasteiger partial charge in [0.25, 0.3) is 0 Å². The molecular formula is C13H17NO2.